The van der Waals surface area contributed by atoms with Gasteiger partial charge in [-0.15, -0.1) is 11.3 Å². The van der Waals surface area contributed by atoms with Crippen molar-refractivity contribution < 1.29 is 0 Å². The van der Waals surface area contributed by atoms with Crippen LogP contribution in [0.2, 0.25) is 0 Å². The van der Waals surface area contributed by atoms with Gasteiger partial charge in [0.05, 0.1) is 17.1 Å². The first-order valence-electron chi connectivity index (χ1n) is 14.9. The van der Waals surface area contributed by atoms with E-state index in [1.165, 1.54) is 47.8 Å². The highest BCUT2D eigenvalue weighted by Crippen LogP contribution is 2.46. The van der Waals surface area contributed by atoms with Crippen LogP contribution in [0.25, 0.3) is 70.7 Å². The van der Waals surface area contributed by atoms with Gasteiger partial charge in [0.15, 0.2) is 0 Å². The maximum absolute atomic E-state index is 5.12. The molecule has 0 spiro atoms. The third-order valence-corrected chi connectivity index (χ3v) is 9.73. The lowest BCUT2D eigenvalue weighted by molar-refractivity contribution is 1.29. The number of hydrogen-bond acceptors (Lipinski definition) is 3. The molecule has 0 amide bonds. The smallest absolute Gasteiger partial charge is 0.0715 e. The van der Waals surface area contributed by atoms with E-state index >= 15 is 0 Å². The van der Waals surface area contributed by atoms with E-state index in [1.54, 1.807) is 0 Å². The van der Waals surface area contributed by atoms with Gasteiger partial charge in [0.1, 0.15) is 0 Å². The van der Waals surface area contributed by atoms with Gasteiger partial charge < -0.3 is 4.90 Å². The van der Waals surface area contributed by atoms with Gasteiger partial charge in [-0.3, -0.25) is 0 Å². The molecule has 0 bridgehead atoms. The molecule has 2 nitrogen and oxygen atoms in total. The summed E-state index contributed by atoms with van der Waals surface area (Å²) in [6.45, 7) is 0. The molecule has 3 heterocycles. The molecule has 3 heteroatoms. The van der Waals surface area contributed by atoms with Crippen molar-refractivity contribution in [2.75, 3.05) is 4.90 Å². The van der Waals surface area contributed by atoms with Crippen LogP contribution in [0.15, 0.2) is 152 Å². The number of anilines is 2. The Labute approximate surface area is 259 Å². The second-order valence-electron chi connectivity index (χ2n) is 11.2. The maximum atomic E-state index is 5.12. The van der Waals surface area contributed by atoms with E-state index in [1.807, 2.05) is 17.4 Å². The first-order chi connectivity index (χ1) is 21.8. The number of hydrogen-bond donors (Lipinski definition) is 0. The quantitative estimate of drug-likeness (QED) is 0.206. The van der Waals surface area contributed by atoms with Crippen LogP contribution in [0.4, 0.5) is 11.4 Å². The lowest BCUT2D eigenvalue weighted by Crippen LogP contribution is -2.11. The summed E-state index contributed by atoms with van der Waals surface area (Å²) < 4.78 is 2.68. The summed E-state index contributed by atoms with van der Waals surface area (Å²) in [5.74, 6) is 0. The molecular formula is C41H26N2S. The summed E-state index contributed by atoms with van der Waals surface area (Å²) in [6.07, 6.45) is 4.52. The van der Waals surface area contributed by atoms with Gasteiger partial charge in [-0.05, 0) is 70.6 Å². The van der Waals surface area contributed by atoms with Gasteiger partial charge in [-0.1, -0.05) is 103 Å². The molecule has 44 heavy (non-hydrogen) atoms. The molecule has 9 rings (SSSR count). The van der Waals surface area contributed by atoms with E-state index in [4.69, 9.17) is 4.98 Å². The van der Waals surface area contributed by atoms with Crippen LogP contribution in [0.5, 0.6) is 0 Å². The van der Waals surface area contributed by atoms with Crippen molar-refractivity contribution >= 4 is 59.7 Å². The number of nitrogens with zero attached hydrogens (tertiary/aromatic N) is 2. The monoisotopic (exact) mass is 578 g/mol. The summed E-state index contributed by atoms with van der Waals surface area (Å²) in [6, 6.07) is 51.9. The highest BCUT2D eigenvalue weighted by Gasteiger charge is 2.21. The van der Waals surface area contributed by atoms with Crippen LogP contribution < -0.4 is 4.90 Å². The second-order valence-corrected chi connectivity index (χ2v) is 12.3. The summed E-state index contributed by atoms with van der Waals surface area (Å²) in [7, 11) is 0. The Kier molecular flexibility index (Phi) is 5.71. The van der Waals surface area contributed by atoms with Crippen molar-refractivity contribution in [3.8, 4) is 33.6 Å². The molecule has 0 aliphatic carbocycles. The highest BCUT2D eigenvalue weighted by molar-refractivity contribution is 7.26. The van der Waals surface area contributed by atoms with Gasteiger partial charge in [-0.25, -0.2) is 4.98 Å². The topological polar surface area (TPSA) is 16.1 Å². The van der Waals surface area contributed by atoms with E-state index in [0.717, 1.165) is 33.8 Å². The third kappa shape index (κ3) is 4.05. The van der Waals surface area contributed by atoms with Crippen molar-refractivity contribution in [3.63, 3.8) is 0 Å². The Hall–Kier alpha value is -5.51. The van der Waals surface area contributed by atoms with Crippen LogP contribution in [0.1, 0.15) is 5.56 Å². The van der Waals surface area contributed by atoms with Crippen LogP contribution in [-0.2, 0) is 0 Å². The van der Waals surface area contributed by atoms with Crippen molar-refractivity contribution in [2.24, 2.45) is 0 Å². The zero-order valence-corrected chi connectivity index (χ0v) is 24.6. The minimum Gasteiger partial charge on any atom is -0.317 e. The number of aromatic nitrogens is 1. The fourth-order valence-corrected chi connectivity index (χ4v) is 7.70. The van der Waals surface area contributed by atoms with Crippen LogP contribution >= 0.6 is 11.3 Å². The van der Waals surface area contributed by atoms with Crippen LogP contribution in [0, 0.1) is 0 Å². The number of pyridine rings is 1. The lowest BCUT2D eigenvalue weighted by atomic mass is 9.94. The predicted molar refractivity (Wildman–Crippen MR) is 189 cm³/mol. The van der Waals surface area contributed by atoms with Gasteiger partial charge in [0.2, 0.25) is 0 Å². The van der Waals surface area contributed by atoms with E-state index in [9.17, 15) is 0 Å². The SMILES string of the molecule is C1=CN(c2ccc(-c3cc(-c4ccccc4)cc(-c4ccccc4)n3)cc2)c2cccc3cc4sc5ccccc5c4c1c23. The number of benzene rings is 6. The zero-order chi connectivity index (χ0) is 29.0. The second kappa shape index (κ2) is 10.0. The van der Waals surface area contributed by atoms with Crippen LogP contribution in [-0.4, -0.2) is 4.98 Å². The fraction of sp³-hybridized carbons (Fsp3) is 0. The Morgan fingerprint density at radius 1 is 0.500 bits per heavy atom. The van der Waals surface area contributed by atoms with E-state index in [2.05, 4.69) is 157 Å². The first kappa shape index (κ1) is 25.0. The van der Waals surface area contributed by atoms with Gasteiger partial charge in [0, 0.05) is 48.6 Å². The summed E-state index contributed by atoms with van der Waals surface area (Å²) in [5, 5.41) is 5.27. The maximum Gasteiger partial charge on any atom is 0.0715 e. The Morgan fingerprint density at radius 3 is 1.95 bits per heavy atom. The minimum atomic E-state index is 0.963. The largest absolute Gasteiger partial charge is 0.317 e. The zero-order valence-electron chi connectivity index (χ0n) is 23.8. The molecule has 1 aliphatic rings. The molecule has 0 saturated heterocycles. The van der Waals surface area contributed by atoms with Crippen molar-refractivity contribution in [1.82, 2.24) is 4.98 Å². The molecule has 2 aromatic heterocycles. The van der Waals surface area contributed by atoms with E-state index in [-0.39, 0.29) is 0 Å². The minimum absolute atomic E-state index is 0.963. The third-order valence-electron chi connectivity index (χ3n) is 8.62. The average Bonchev–Trinajstić information content (AvgIpc) is 3.48. The molecule has 8 aromatic rings. The average molecular weight is 579 g/mol. The van der Waals surface area contributed by atoms with Crippen molar-refractivity contribution in [3.05, 3.63) is 157 Å². The fourth-order valence-electron chi connectivity index (χ4n) is 6.53. The predicted octanol–water partition coefficient (Wildman–Crippen LogP) is 11.7. The lowest BCUT2D eigenvalue weighted by Gasteiger charge is -2.27. The van der Waals surface area contributed by atoms with Crippen molar-refractivity contribution in [1.29, 1.82) is 0 Å². The molecule has 0 atom stereocenters. The molecule has 0 N–H and O–H groups in total. The molecule has 0 fully saturated rings. The van der Waals surface area contributed by atoms with Crippen molar-refractivity contribution in [2.45, 2.75) is 0 Å². The highest BCUT2D eigenvalue weighted by atomic mass is 32.1. The summed E-state index contributed by atoms with van der Waals surface area (Å²) >= 11 is 1.88. The van der Waals surface area contributed by atoms with Gasteiger partial charge in [0.25, 0.3) is 0 Å². The molecular weight excluding hydrogens is 553 g/mol. The molecule has 0 radical (unpaired) electrons. The standard InChI is InChI=1S/C41H26N2S/c1-3-10-27(11-4-1)31-24-35(28-12-5-2-6-13-28)42-36(25-31)29-18-20-32(21-19-29)43-23-22-34-40-30(14-9-16-37(40)43)26-39-41(34)33-15-7-8-17-38(33)44-39/h1-26H. The Bertz CT molecular complexity index is 2310. The molecule has 0 saturated carbocycles. The van der Waals surface area contributed by atoms with E-state index < -0.39 is 0 Å². The summed E-state index contributed by atoms with van der Waals surface area (Å²) in [4.78, 5) is 7.43. The molecule has 0 unspecified atom stereocenters. The number of rotatable bonds is 4. The molecule has 6 aromatic carbocycles. The Morgan fingerprint density at radius 2 is 1.18 bits per heavy atom. The first-order valence-corrected chi connectivity index (χ1v) is 15.7. The van der Waals surface area contributed by atoms with Gasteiger partial charge in [-0.2, -0.15) is 0 Å². The number of fused-ring (bicyclic) bond motifs is 4. The van der Waals surface area contributed by atoms with Crippen LogP contribution in [0.3, 0.4) is 0 Å². The van der Waals surface area contributed by atoms with Gasteiger partial charge >= 0.3 is 0 Å². The molecule has 206 valence electrons. The number of thiophene rings is 1. The molecule has 1 aliphatic heterocycles. The normalized spacial score (nSPS) is 12.4. The van der Waals surface area contributed by atoms with E-state index in [0.29, 0.717) is 0 Å². The summed E-state index contributed by atoms with van der Waals surface area (Å²) in [5.41, 5.74) is 10.1. The Balaban J connectivity index is 1.14.